The third kappa shape index (κ3) is 4.97. The van der Waals surface area contributed by atoms with Crippen LogP contribution in [0.3, 0.4) is 0 Å². The molecule has 4 rings (SSSR count). The molecule has 0 unspecified atom stereocenters. The van der Waals surface area contributed by atoms with E-state index in [0.29, 0.717) is 12.5 Å². The van der Waals surface area contributed by atoms with Gasteiger partial charge < -0.3 is 15.5 Å². The molecule has 4 nitrogen and oxygen atoms in total. The van der Waals surface area contributed by atoms with Crippen LogP contribution < -0.4 is 10.6 Å². The molecule has 0 aromatic heterocycles. The summed E-state index contributed by atoms with van der Waals surface area (Å²) in [6.07, 6.45) is 4.76. The molecule has 2 aliphatic rings. The van der Waals surface area contributed by atoms with E-state index in [2.05, 4.69) is 15.5 Å². The number of hydrogen-bond donors (Lipinski definition) is 2. The molecular formula is C27H35F2N3O. The van der Waals surface area contributed by atoms with Gasteiger partial charge in [-0.1, -0.05) is 55.0 Å². The molecule has 0 saturated carbocycles. The Labute approximate surface area is 195 Å². The quantitative estimate of drug-likeness (QED) is 0.544. The van der Waals surface area contributed by atoms with Crippen LogP contribution in [0, 0.1) is 0 Å². The lowest BCUT2D eigenvalue weighted by atomic mass is 9.73. The number of amides is 1. The van der Waals surface area contributed by atoms with Crippen molar-refractivity contribution in [3.8, 4) is 11.1 Å². The van der Waals surface area contributed by atoms with E-state index in [-0.39, 0.29) is 5.91 Å². The smallest absolute Gasteiger partial charge is 0.262 e. The summed E-state index contributed by atoms with van der Waals surface area (Å²) in [5, 5.41) is 5.95. The highest BCUT2D eigenvalue weighted by Crippen LogP contribution is 2.51. The fraction of sp³-hybridized carbons (Fsp3) is 0.519. The van der Waals surface area contributed by atoms with E-state index >= 15 is 0 Å². The summed E-state index contributed by atoms with van der Waals surface area (Å²) in [5.74, 6) is -3.27. The third-order valence-electron chi connectivity index (χ3n) is 7.28. The normalized spacial score (nSPS) is 18.1. The van der Waals surface area contributed by atoms with Crippen LogP contribution >= 0.6 is 0 Å². The number of hydrogen-bond acceptors (Lipinski definition) is 3. The molecule has 2 aromatic carbocycles. The molecule has 1 fully saturated rings. The van der Waals surface area contributed by atoms with E-state index in [0.717, 1.165) is 74.5 Å². The lowest BCUT2D eigenvalue weighted by molar-refractivity contribution is -0.127. The Morgan fingerprint density at radius 1 is 1.03 bits per heavy atom. The van der Waals surface area contributed by atoms with Crippen molar-refractivity contribution in [2.45, 2.75) is 56.4 Å². The highest BCUT2D eigenvalue weighted by atomic mass is 19.3. The van der Waals surface area contributed by atoms with Crippen LogP contribution in [0.1, 0.15) is 50.2 Å². The fourth-order valence-electron chi connectivity index (χ4n) is 5.51. The third-order valence-corrected chi connectivity index (χ3v) is 7.28. The second-order valence-electron chi connectivity index (χ2n) is 9.61. The molecule has 0 atom stereocenters. The van der Waals surface area contributed by atoms with Crippen LogP contribution in [-0.2, 0) is 10.2 Å². The summed E-state index contributed by atoms with van der Waals surface area (Å²) >= 11 is 0. The molecule has 2 aromatic rings. The largest absolute Gasteiger partial charge is 0.349 e. The van der Waals surface area contributed by atoms with E-state index in [9.17, 15) is 13.6 Å². The molecule has 1 aliphatic heterocycles. The maximum absolute atomic E-state index is 13.6. The van der Waals surface area contributed by atoms with Crippen molar-refractivity contribution in [3.63, 3.8) is 0 Å². The maximum Gasteiger partial charge on any atom is 0.262 e. The number of carbonyl (C=O) groups is 1. The number of carbonyl (C=O) groups excluding carboxylic acids is 1. The summed E-state index contributed by atoms with van der Waals surface area (Å²) in [7, 11) is 2.02. The van der Waals surface area contributed by atoms with Crippen molar-refractivity contribution in [2.24, 2.45) is 0 Å². The highest BCUT2D eigenvalue weighted by Gasteiger charge is 2.48. The van der Waals surface area contributed by atoms with Crippen molar-refractivity contribution in [1.29, 1.82) is 0 Å². The van der Waals surface area contributed by atoms with E-state index in [1.807, 2.05) is 55.6 Å². The van der Waals surface area contributed by atoms with Crippen LogP contribution in [-0.4, -0.2) is 56.0 Å². The molecule has 0 bridgehead atoms. The van der Waals surface area contributed by atoms with Gasteiger partial charge in [0, 0.05) is 13.0 Å². The Bertz CT molecular complexity index is 918. The molecule has 6 heteroatoms. The first-order chi connectivity index (χ1) is 15.8. The number of benzene rings is 2. The average Bonchev–Trinajstić information content (AvgIpc) is 3.11. The van der Waals surface area contributed by atoms with Crippen molar-refractivity contribution < 1.29 is 13.6 Å². The van der Waals surface area contributed by atoms with Crippen LogP contribution in [0.5, 0.6) is 0 Å². The van der Waals surface area contributed by atoms with Crippen molar-refractivity contribution in [1.82, 2.24) is 15.5 Å². The first kappa shape index (κ1) is 23.8. The van der Waals surface area contributed by atoms with Gasteiger partial charge in [0.2, 0.25) is 5.91 Å². The van der Waals surface area contributed by atoms with E-state index in [1.165, 1.54) is 0 Å². The maximum atomic E-state index is 13.6. The predicted molar refractivity (Wildman–Crippen MR) is 129 cm³/mol. The molecule has 1 heterocycles. The average molecular weight is 456 g/mol. The number of piperidine rings is 1. The molecule has 33 heavy (non-hydrogen) atoms. The van der Waals surface area contributed by atoms with Gasteiger partial charge in [-0.15, -0.1) is 0 Å². The summed E-state index contributed by atoms with van der Waals surface area (Å²) < 4.78 is 27.3. The minimum Gasteiger partial charge on any atom is -0.349 e. The molecule has 178 valence electrons. The summed E-state index contributed by atoms with van der Waals surface area (Å²) in [4.78, 5) is 16.1. The summed E-state index contributed by atoms with van der Waals surface area (Å²) in [5.41, 5.74) is 2.98. The predicted octanol–water partition coefficient (Wildman–Crippen LogP) is 4.58. The minimum absolute atomic E-state index is 0.323. The molecule has 1 aliphatic carbocycles. The van der Waals surface area contributed by atoms with Gasteiger partial charge in [-0.2, -0.15) is 0 Å². The zero-order valence-corrected chi connectivity index (χ0v) is 19.7. The number of fused-ring (bicyclic) bond motifs is 3. The fourth-order valence-corrected chi connectivity index (χ4v) is 5.51. The first-order valence-electron chi connectivity index (χ1n) is 12.1. The lowest BCUT2D eigenvalue weighted by Crippen LogP contribution is -2.47. The Hall–Kier alpha value is -2.31. The number of likely N-dealkylation sites (tertiary alicyclic amines) is 1. The minimum atomic E-state index is -2.95. The van der Waals surface area contributed by atoms with E-state index < -0.39 is 17.9 Å². The van der Waals surface area contributed by atoms with Gasteiger partial charge in [0.05, 0.1) is 6.54 Å². The van der Waals surface area contributed by atoms with Gasteiger partial charge in [0.15, 0.2) is 0 Å². The Morgan fingerprint density at radius 2 is 1.61 bits per heavy atom. The standard InChI is InChI=1S/C27H35F2N3O/c1-26(28,29)19-31-25(33)27(15-7-8-16-32-17-13-20(30-2)14-18-32)23-11-5-3-9-21(23)22-10-4-6-12-24(22)27/h3-6,9-12,20,30H,7-8,13-19H2,1-2H3,(H,31,33). The number of unbranched alkanes of at least 4 members (excludes halogenated alkanes) is 1. The van der Waals surface area contributed by atoms with Gasteiger partial charge >= 0.3 is 0 Å². The van der Waals surface area contributed by atoms with E-state index in [4.69, 9.17) is 0 Å². The van der Waals surface area contributed by atoms with Crippen LogP contribution in [0.25, 0.3) is 11.1 Å². The zero-order chi connectivity index (χ0) is 23.5. The SMILES string of the molecule is CNC1CCN(CCCCC2(C(=O)NCC(C)(F)F)c3ccccc3-c3ccccc32)CC1. The van der Waals surface area contributed by atoms with Crippen LogP contribution in [0.2, 0.25) is 0 Å². The molecule has 0 spiro atoms. The van der Waals surface area contributed by atoms with E-state index in [1.54, 1.807) is 0 Å². The summed E-state index contributed by atoms with van der Waals surface area (Å²) in [6.45, 7) is 3.37. The second kappa shape index (κ2) is 9.90. The van der Waals surface area contributed by atoms with Crippen LogP contribution in [0.4, 0.5) is 8.78 Å². The topological polar surface area (TPSA) is 44.4 Å². The number of alkyl halides is 2. The molecular weight excluding hydrogens is 420 g/mol. The first-order valence-corrected chi connectivity index (χ1v) is 12.1. The zero-order valence-electron chi connectivity index (χ0n) is 19.7. The Kier molecular flexibility index (Phi) is 7.15. The lowest BCUT2D eigenvalue weighted by Gasteiger charge is -2.33. The number of rotatable bonds is 9. The highest BCUT2D eigenvalue weighted by molar-refractivity contribution is 6.00. The number of nitrogens with one attached hydrogen (secondary N) is 2. The summed E-state index contributed by atoms with van der Waals surface area (Å²) in [6, 6.07) is 16.5. The number of halogens is 2. The van der Waals surface area contributed by atoms with Crippen molar-refractivity contribution in [2.75, 3.05) is 33.2 Å². The molecule has 2 N–H and O–H groups in total. The second-order valence-corrected chi connectivity index (χ2v) is 9.61. The van der Waals surface area contributed by atoms with Gasteiger partial charge in [0.25, 0.3) is 5.92 Å². The Balaban J connectivity index is 1.54. The van der Waals surface area contributed by atoms with Crippen molar-refractivity contribution in [3.05, 3.63) is 59.7 Å². The monoisotopic (exact) mass is 455 g/mol. The Morgan fingerprint density at radius 3 is 2.15 bits per heavy atom. The van der Waals surface area contributed by atoms with Gasteiger partial charge in [0.1, 0.15) is 5.41 Å². The van der Waals surface area contributed by atoms with Gasteiger partial charge in [-0.05, 0) is 74.6 Å². The van der Waals surface area contributed by atoms with Gasteiger partial charge in [-0.25, -0.2) is 8.78 Å². The van der Waals surface area contributed by atoms with Gasteiger partial charge in [-0.3, -0.25) is 4.79 Å². The van der Waals surface area contributed by atoms with Crippen molar-refractivity contribution >= 4 is 5.91 Å². The molecule has 0 radical (unpaired) electrons. The van der Waals surface area contributed by atoms with Crippen LogP contribution in [0.15, 0.2) is 48.5 Å². The number of nitrogens with zero attached hydrogens (tertiary/aromatic N) is 1. The molecule has 1 amide bonds. The molecule has 1 saturated heterocycles.